The number of carbonyl (C=O) groups is 2. The highest BCUT2D eigenvalue weighted by atomic mass is 32.2. The van der Waals surface area contributed by atoms with E-state index in [9.17, 15) is 14.0 Å². The zero-order valence-corrected chi connectivity index (χ0v) is 15.5. The van der Waals surface area contributed by atoms with Crippen molar-refractivity contribution in [1.29, 1.82) is 0 Å². The van der Waals surface area contributed by atoms with Crippen LogP contribution >= 0.6 is 11.8 Å². The average molecular weight is 364 g/mol. The monoisotopic (exact) mass is 364 g/mol. The van der Waals surface area contributed by atoms with Gasteiger partial charge in [-0.05, 0) is 43.5 Å². The maximum atomic E-state index is 13.2. The molecule has 1 aromatic rings. The van der Waals surface area contributed by atoms with Gasteiger partial charge in [-0.3, -0.25) is 14.5 Å². The first-order valence-corrected chi connectivity index (χ1v) is 10.0. The van der Waals surface area contributed by atoms with E-state index in [0.29, 0.717) is 25.3 Å². The molecular formula is C19H25FN2O2S. The molecule has 0 atom stereocenters. The van der Waals surface area contributed by atoms with Crippen molar-refractivity contribution in [2.24, 2.45) is 0 Å². The molecule has 2 aliphatic rings. The molecule has 2 amide bonds. The number of halogens is 1. The van der Waals surface area contributed by atoms with Gasteiger partial charge in [0.15, 0.2) is 0 Å². The van der Waals surface area contributed by atoms with E-state index >= 15 is 0 Å². The Morgan fingerprint density at radius 1 is 1.20 bits per heavy atom. The highest BCUT2D eigenvalue weighted by molar-refractivity contribution is 8.02. The molecule has 0 saturated carbocycles. The van der Waals surface area contributed by atoms with Gasteiger partial charge >= 0.3 is 0 Å². The van der Waals surface area contributed by atoms with Crippen molar-refractivity contribution in [3.05, 3.63) is 30.1 Å². The maximum absolute atomic E-state index is 13.2. The second-order valence-corrected chi connectivity index (χ2v) is 8.12. The topological polar surface area (TPSA) is 40.6 Å². The summed E-state index contributed by atoms with van der Waals surface area (Å²) in [5.41, 5.74) is 0.749. The summed E-state index contributed by atoms with van der Waals surface area (Å²) in [5, 5.41) is 0. The van der Waals surface area contributed by atoms with Crippen molar-refractivity contribution in [3.63, 3.8) is 0 Å². The van der Waals surface area contributed by atoms with Crippen LogP contribution in [0.25, 0.3) is 0 Å². The third-order valence-corrected chi connectivity index (χ3v) is 6.62. The fourth-order valence-electron chi connectivity index (χ4n) is 3.68. The number of piperidine rings is 1. The molecule has 6 heteroatoms. The van der Waals surface area contributed by atoms with Crippen LogP contribution in [0, 0.1) is 5.82 Å². The molecule has 2 fully saturated rings. The lowest BCUT2D eigenvalue weighted by Gasteiger charge is -2.44. The summed E-state index contributed by atoms with van der Waals surface area (Å²) in [6.45, 7) is 3.50. The summed E-state index contributed by atoms with van der Waals surface area (Å²) in [6.07, 6.45) is 5.30. The van der Waals surface area contributed by atoms with Crippen LogP contribution in [-0.2, 0) is 9.59 Å². The van der Waals surface area contributed by atoms with Crippen LogP contribution in [0.4, 0.5) is 10.1 Å². The quantitative estimate of drug-likeness (QED) is 0.746. The first kappa shape index (κ1) is 18.2. The van der Waals surface area contributed by atoms with Gasteiger partial charge in [0.05, 0.1) is 10.6 Å². The van der Waals surface area contributed by atoms with Crippen molar-refractivity contribution in [2.75, 3.05) is 23.7 Å². The minimum atomic E-state index is -0.301. The number of nitrogens with zero attached hydrogens (tertiary/aromatic N) is 2. The summed E-state index contributed by atoms with van der Waals surface area (Å²) in [5.74, 6) is 0.442. The van der Waals surface area contributed by atoms with Crippen LogP contribution in [0.15, 0.2) is 24.3 Å². The smallest absolute Gasteiger partial charge is 0.238 e. The number of carbonyl (C=O) groups excluding carboxylic acids is 2. The van der Waals surface area contributed by atoms with E-state index in [4.69, 9.17) is 0 Å². The van der Waals surface area contributed by atoms with Crippen molar-refractivity contribution >= 4 is 29.3 Å². The minimum absolute atomic E-state index is 0.0688. The van der Waals surface area contributed by atoms with E-state index in [1.54, 1.807) is 23.9 Å². The number of unbranched alkanes of at least 4 members (excludes halogenated alkanes) is 2. The van der Waals surface area contributed by atoms with Gasteiger partial charge in [-0.15, -0.1) is 11.8 Å². The third kappa shape index (κ3) is 3.84. The van der Waals surface area contributed by atoms with Gasteiger partial charge in [-0.1, -0.05) is 19.8 Å². The molecule has 0 unspecified atom stereocenters. The Hall–Kier alpha value is -1.56. The molecule has 2 saturated heterocycles. The van der Waals surface area contributed by atoms with Crippen molar-refractivity contribution in [3.8, 4) is 0 Å². The van der Waals surface area contributed by atoms with Gasteiger partial charge in [-0.2, -0.15) is 0 Å². The Balaban J connectivity index is 1.67. The molecule has 0 N–H and O–H groups in total. The SMILES string of the molecule is CCCCCC(=O)N1CCC2(CC1)SCC(=O)N2c1ccc(F)cc1. The zero-order valence-electron chi connectivity index (χ0n) is 14.7. The van der Waals surface area contributed by atoms with E-state index in [2.05, 4.69) is 6.92 Å². The molecule has 2 aliphatic heterocycles. The van der Waals surface area contributed by atoms with Crippen LogP contribution in [0.2, 0.25) is 0 Å². The Labute approximate surface area is 152 Å². The minimum Gasteiger partial charge on any atom is -0.342 e. The Bertz CT molecular complexity index is 627. The number of hydrogen-bond donors (Lipinski definition) is 0. The molecule has 3 rings (SSSR count). The number of thioether (sulfide) groups is 1. The lowest BCUT2D eigenvalue weighted by atomic mass is 10.0. The first-order valence-electron chi connectivity index (χ1n) is 9.06. The normalized spacial score (nSPS) is 19.7. The summed E-state index contributed by atoms with van der Waals surface area (Å²) >= 11 is 1.66. The fourth-order valence-corrected chi connectivity index (χ4v) is 5.01. The lowest BCUT2D eigenvalue weighted by molar-refractivity contribution is -0.132. The second kappa shape index (κ2) is 7.77. The number of rotatable bonds is 5. The van der Waals surface area contributed by atoms with Gasteiger partial charge in [-0.25, -0.2) is 4.39 Å². The van der Waals surface area contributed by atoms with Crippen LogP contribution in [0.5, 0.6) is 0 Å². The Kier molecular flexibility index (Phi) is 5.67. The molecule has 2 heterocycles. The number of hydrogen-bond acceptors (Lipinski definition) is 3. The van der Waals surface area contributed by atoms with Crippen LogP contribution in [0.3, 0.4) is 0 Å². The first-order chi connectivity index (χ1) is 12.1. The predicted molar refractivity (Wildman–Crippen MR) is 99.0 cm³/mol. The van der Waals surface area contributed by atoms with Crippen molar-refractivity contribution in [1.82, 2.24) is 4.90 Å². The molecule has 136 valence electrons. The summed E-state index contributed by atoms with van der Waals surface area (Å²) in [4.78, 5) is 28.3. The molecule has 1 spiro atoms. The number of amides is 2. The zero-order chi connectivity index (χ0) is 17.9. The molecule has 4 nitrogen and oxygen atoms in total. The fraction of sp³-hybridized carbons (Fsp3) is 0.579. The van der Waals surface area contributed by atoms with Crippen LogP contribution < -0.4 is 4.90 Å². The van der Waals surface area contributed by atoms with Gasteiger partial charge in [0, 0.05) is 25.2 Å². The Morgan fingerprint density at radius 2 is 1.88 bits per heavy atom. The molecule has 0 aliphatic carbocycles. The number of benzene rings is 1. The second-order valence-electron chi connectivity index (χ2n) is 6.78. The highest BCUT2D eigenvalue weighted by Crippen LogP contribution is 2.46. The maximum Gasteiger partial charge on any atom is 0.238 e. The average Bonchev–Trinajstić information content (AvgIpc) is 2.93. The molecule has 0 radical (unpaired) electrons. The number of likely N-dealkylation sites (tertiary alicyclic amines) is 1. The lowest BCUT2D eigenvalue weighted by Crippen LogP contribution is -2.53. The van der Waals surface area contributed by atoms with Crippen molar-refractivity contribution in [2.45, 2.75) is 50.3 Å². The van der Waals surface area contributed by atoms with Crippen LogP contribution in [-0.4, -0.2) is 40.4 Å². The van der Waals surface area contributed by atoms with E-state index < -0.39 is 0 Å². The largest absolute Gasteiger partial charge is 0.342 e. The van der Waals surface area contributed by atoms with Crippen molar-refractivity contribution < 1.29 is 14.0 Å². The standard InChI is InChI=1S/C19H25FN2O2S/c1-2-3-4-5-17(23)21-12-10-19(11-13-21)22(18(24)14-25-19)16-8-6-15(20)7-9-16/h6-9H,2-5,10-14H2,1H3. The molecular weight excluding hydrogens is 339 g/mol. The summed E-state index contributed by atoms with van der Waals surface area (Å²) in [6, 6.07) is 6.13. The Morgan fingerprint density at radius 3 is 2.52 bits per heavy atom. The van der Waals surface area contributed by atoms with E-state index in [-0.39, 0.29) is 22.5 Å². The van der Waals surface area contributed by atoms with Gasteiger partial charge in [0.25, 0.3) is 0 Å². The molecule has 0 aromatic heterocycles. The molecule has 0 bridgehead atoms. The molecule has 25 heavy (non-hydrogen) atoms. The van der Waals surface area contributed by atoms with E-state index in [1.807, 2.05) is 9.80 Å². The van der Waals surface area contributed by atoms with Gasteiger partial charge in [0.1, 0.15) is 5.82 Å². The highest BCUT2D eigenvalue weighted by Gasteiger charge is 2.49. The summed E-state index contributed by atoms with van der Waals surface area (Å²) in [7, 11) is 0. The number of anilines is 1. The van der Waals surface area contributed by atoms with Gasteiger partial charge in [0.2, 0.25) is 11.8 Å². The third-order valence-electron chi connectivity index (χ3n) is 5.10. The molecule has 1 aromatic carbocycles. The summed E-state index contributed by atoms with van der Waals surface area (Å²) < 4.78 is 13.2. The van der Waals surface area contributed by atoms with E-state index in [1.165, 1.54) is 12.1 Å². The predicted octanol–water partition coefficient (Wildman–Crippen LogP) is 3.80. The van der Waals surface area contributed by atoms with Gasteiger partial charge < -0.3 is 4.90 Å². The van der Waals surface area contributed by atoms with E-state index in [0.717, 1.165) is 37.8 Å². The van der Waals surface area contributed by atoms with Crippen LogP contribution in [0.1, 0.15) is 45.4 Å².